The molecule has 2 nitrogen and oxygen atoms in total. The maximum absolute atomic E-state index is 9.24. The molecule has 12 heavy (non-hydrogen) atoms. The van der Waals surface area contributed by atoms with Crippen LogP contribution in [0.3, 0.4) is 0 Å². The first-order valence-corrected chi connectivity index (χ1v) is 4.81. The standard InChI is InChI=1S/C9H13BrO2/c1-6(7(2)11)5-8-3-4-9(10)12-8/h3-4,6-7,11H,5H2,1-2H3. The van der Waals surface area contributed by atoms with Crippen molar-refractivity contribution in [2.75, 3.05) is 0 Å². The average Bonchev–Trinajstić information content (AvgIpc) is 2.35. The highest BCUT2D eigenvalue weighted by Gasteiger charge is 2.11. The largest absolute Gasteiger partial charge is 0.454 e. The SMILES string of the molecule is CC(O)C(C)Cc1ccc(Br)o1. The summed E-state index contributed by atoms with van der Waals surface area (Å²) in [4.78, 5) is 0. The Morgan fingerprint density at radius 1 is 1.50 bits per heavy atom. The van der Waals surface area contributed by atoms with Crippen LogP contribution in [-0.2, 0) is 6.42 Å². The molecule has 1 aromatic rings. The van der Waals surface area contributed by atoms with Crippen LogP contribution in [0.2, 0.25) is 0 Å². The summed E-state index contributed by atoms with van der Waals surface area (Å²) < 4.78 is 6.06. The Hall–Kier alpha value is -0.280. The summed E-state index contributed by atoms with van der Waals surface area (Å²) in [5.74, 6) is 1.15. The second-order valence-electron chi connectivity index (χ2n) is 3.13. The summed E-state index contributed by atoms with van der Waals surface area (Å²) in [5.41, 5.74) is 0. The van der Waals surface area contributed by atoms with Crippen molar-refractivity contribution in [3.8, 4) is 0 Å². The fourth-order valence-corrected chi connectivity index (χ4v) is 1.29. The Balaban J connectivity index is 2.52. The van der Waals surface area contributed by atoms with E-state index in [-0.39, 0.29) is 12.0 Å². The lowest BCUT2D eigenvalue weighted by Gasteiger charge is -2.11. The van der Waals surface area contributed by atoms with E-state index < -0.39 is 0 Å². The highest BCUT2D eigenvalue weighted by Crippen LogP contribution is 2.18. The molecule has 2 atom stereocenters. The van der Waals surface area contributed by atoms with Crippen LogP contribution in [0.1, 0.15) is 19.6 Å². The van der Waals surface area contributed by atoms with Crippen molar-refractivity contribution in [1.82, 2.24) is 0 Å². The van der Waals surface area contributed by atoms with Gasteiger partial charge in [0.15, 0.2) is 4.67 Å². The van der Waals surface area contributed by atoms with Crippen LogP contribution in [0.4, 0.5) is 0 Å². The first-order chi connectivity index (χ1) is 5.59. The first kappa shape index (κ1) is 9.81. The molecule has 0 saturated heterocycles. The minimum atomic E-state index is -0.283. The van der Waals surface area contributed by atoms with Crippen molar-refractivity contribution in [2.45, 2.75) is 26.4 Å². The van der Waals surface area contributed by atoms with Crippen molar-refractivity contribution in [2.24, 2.45) is 5.92 Å². The summed E-state index contributed by atoms with van der Waals surface area (Å²) >= 11 is 3.23. The lowest BCUT2D eigenvalue weighted by Crippen LogP contribution is -2.14. The lowest BCUT2D eigenvalue weighted by atomic mass is 10.0. The zero-order valence-corrected chi connectivity index (χ0v) is 8.84. The monoisotopic (exact) mass is 232 g/mol. The molecular formula is C9H13BrO2. The average molecular weight is 233 g/mol. The third-order valence-electron chi connectivity index (χ3n) is 1.98. The molecule has 0 amide bonds. The number of halogens is 1. The molecule has 0 aliphatic rings. The second kappa shape index (κ2) is 4.10. The quantitative estimate of drug-likeness (QED) is 0.870. The van der Waals surface area contributed by atoms with Gasteiger partial charge in [-0.2, -0.15) is 0 Å². The Labute approximate surface area is 80.7 Å². The maximum Gasteiger partial charge on any atom is 0.169 e. The molecule has 1 N–H and O–H groups in total. The minimum Gasteiger partial charge on any atom is -0.454 e. The number of furan rings is 1. The van der Waals surface area contributed by atoms with Gasteiger partial charge in [0.2, 0.25) is 0 Å². The molecule has 0 spiro atoms. The second-order valence-corrected chi connectivity index (χ2v) is 3.91. The summed E-state index contributed by atoms with van der Waals surface area (Å²) in [6.07, 6.45) is 0.498. The van der Waals surface area contributed by atoms with Crippen molar-refractivity contribution in [3.63, 3.8) is 0 Å². The fourth-order valence-electron chi connectivity index (χ4n) is 0.949. The van der Waals surface area contributed by atoms with Gasteiger partial charge in [-0.1, -0.05) is 6.92 Å². The van der Waals surface area contributed by atoms with Gasteiger partial charge < -0.3 is 9.52 Å². The molecule has 0 aliphatic heterocycles. The number of hydrogen-bond acceptors (Lipinski definition) is 2. The van der Waals surface area contributed by atoms with Crippen molar-refractivity contribution < 1.29 is 9.52 Å². The molecule has 68 valence electrons. The topological polar surface area (TPSA) is 33.4 Å². The van der Waals surface area contributed by atoms with E-state index in [2.05, 4.69) is 15.9 Å². The summed E-state index contributed by atoms with van der Waals surface area (Å²) in [5, 5.41) is 9.24. The third kappa shape index (κ3) is 2.64. The van der Waals surface area contributed by atoms with Crippen LogP contribution in [0, 0.1) is 5.92 Å². The predicted molar refractivity (Wildman–Crippen MR) is 51.0 cm³/mol. The molecule has 1 aromatic heterocycles. The van der Waals surface area contributed by atoms with Crippen LogP contribution in [0.5, 0.6) is 0 Å². The van der Waals surface area contributed by atoms with Gasteiger partial charge in [-0.25, -0.2) is 0 Å². The minimum absolute atomic E-state index is 0.239. The van der Waals surface area contributed by atoms with Crippen molar-refractivity contribution in [1.29, 1.82) is 0 Å². The fraction of sp³-hybridized carbons (Fsp3) is 0.556. The molecule has 0 radical (unpaired) electrons. The summed E-state index contributed by atoms with van der Waals surface area (Å²) in [6, 6.07) is 3.78. The number of hydrogen-bond donors (Lipinski definition) is 1. The Bertz CT molecular complexity index is 242. The zero-order chi connectivity index (χ0) is 9.14. The highest BCUT2D eigenvalue weighted by atomic mass is 79.9. The molecule has 1 heterocycles. The third-order valence-corrected chi connectivity index (χ3v) is 2.40. The molecule has 0 aliphatic carbocycles. The highest BCUT2D eigenvalue weighted by molar-refractivity contribution is 9.10. The zero-order valence-electron chi connectivity index (χ0n) is 7.25. The number of aliphatic hydroxyl groups is 1. The Kier molecular flexibility index (Phi) is 3.35. The van der Waals surface area contributed by atoms with Gasteiger partial charge in [0, 0.05) is 6.42 Å². The molecule has 3 heteroatoms. The van der Waals surface area contributed by atoms with E-state index in [4.69, 9.17) is 4.42 Å². The molecule has 0 aromatic carbocycles. The van der Waals surface area contributed by atoms with Gasteiger partial charge in [0.1, 0.15) is 5.76 Å². The van der Waals surface area contributed by atoms with Crippen LogP contribution in [0.25, 0.3) is 0 Å². The molecule has 0 saturated carbocycles. The normalized spacial score (nSPS) is 16.0. The van der Waals surface area contributed by atoms with Crippen LogP contribution in [-0.4, -0.2) is 11.2 Å². The van der Waals surface area contributed by atoms with Crippen LogP contribution in [0.15, 0.2) is 21.2 Å². The van der Waals surface area contributed by atoms with Gasteiger partial charge >= 0.3 is 0 Å². The Morgan fingerprint density at radius 2 is 2.17 bits per heavy atom. The van der Waals surface area contributed by atoms with E-state index in [1.165, 1.54) is 0 Å². The van der Waals surface area contributed by atoms with Gasteiger partial charge in [-0.05, 0) is 40.9 Å². The number of aliphatic hydroxyl groups excluding tert-OH is 1. The van der Waals surface area contributed by atoms with E-state index >= 15 is 0 Å². The van der Waals surface area contributed by atoms with E-state index in [0.717, 1.165) is 16.9 Å². The van der Waals surface area contributed by atoms with Crippen molar-refractivity contribution >= 4 is 15.9 Å². The van der Waals surface area contributed by atoms with E-state index in [1.807, 2.05) is 19.1 Å². The van der Waals surface area contributed by atoms with Gasteiger partial charge in [-0.15, -0.1) is 0 Å². The van der Waals surface area contributed by atoms with Gasteiger partial charge in [0.05, 0.1) is 6.10 Å². The molecule has 0 bridgehead atoms. The van der Waals surface area contributed by atoms with E-state index in [9.17, 15) is 5.11 Å². The Morgan fingerprint density at radius 3 is 2.58 bits per heavy atom. The van der Waals surface area contributed by atoms with Gasteiger partial charge in [-0.3, -0.25) is 0 Å². The predicted octanol–water partition coefficient (Wildman–Crippen LogP) is 2.60. The smallest absolute Gasteiger partial charge is 0.169 e. The van der Waals surface area contributed by atoms with Crippen LogP contribution >= 0.6 is 15.9 Å². The molecule has 2 unspecified atom stereocenters. The summed E-state index contributed by atoms with van der Waals surface area (Å²) in [7, 11) is 0. The maximum atomic E-state index is 9.24. The summed E-state index contributed by atoms with van der Waals surface area (Å²) in [6.45, 7) is 3.80. The molecular weight excluding hydrogens is 220 g/mol. The van der Waals surface area contributed by atoms with E-state index in [1.54, 1.807) is 6.92 Å². The molecule has 1 rings (SSSR count). The van der Waals surface area contributed by atoms with Crippen molar-refractivity contribution in [3.05, 3.63) is 22.6 Å². The molecule has 0 fully saturated rings. The first-order valence-electron chi connectivity index (χ1n) is 4.02. The lowest BCUT2D eigenvalue weighted by molar-refractivity contribution is 0.131. The van der Waals surface area contributed by atoms with E-state index in [0.29, 0.717) is 0 Å². The number of rotatable bonds is 3. The van der Waals surface area contributed by atoms with Gasteiger partial charge in [0.25, 0.3) is 0 Å². The van der Waals surface area contributed by atoms with Crippen LogP contribution < -0.4 is 0 Å².